The van der Waals surface area contributed by atoms with Crippen LogP contribution in [0.2, 0.25) is 0 Å². The highest BCUT2D eigenvalue weighted by Crippen LogP contribution is 2.63. The van der Waals surface area contributed by atoms with Crippen molar-refractivity contribution in [3.05, 3.63) is 59.7 Å². The molecule has 7 nitrogen and oxygen atoms in total. The Balaban J connectivity index is 1.52. The van der Waals surface area contributed by atoms with Crippen LogP contribution in [0.4, 0.5) is 24.5 Å². The van der Waals surface area contributed by atoms with Crippen molar-refractivity contribution in [2.24, 2.45) is 17.8 Å². The second-order valence-corrected chi connectivity index (χ2v) is 9.89. The van der Waals surface area contributed by atoms with Gasteiger partial charge in [0.2, 0.25) is 17.7 Å². The first-order chi connectivity index (χ1) is 16.8. The summed E-state index contributed by atoms with van der Waals surface area (Å²) >= 11 is 0. The molecule has 186 valence electrons. The van der Waals surface area contributed by atoms with Crippen LogP contribution in [0, 0.1) is 29.1 Å². The van der Waals surface area contributed by atoms with Gasteiger partial charge in [-0.25, -0.2) is 4.90 Å². The number of nitriles is 1. The van der Waals surface area contributed by atoms with Gasteiger partial charge in [0.25, 0.3) is 0 Å². The molecule has 5 atom stereocenters. The summed E-state index contributed by atoms with van der Waals surface area (Å²) in [5.41, 5.74) is -3.90. The van der Waals surface area contributed by atoms with Crippen molar-refractivity contribution >= 4 is 29.1 Å². The van der Waals surface area contributed by atoms with E-state index in [-0.39, 0.29) is 18.0 Å². The quantitative estimate of drug-likeness (QED) is 0.600. The Morgan fingerprint density at radius 1 is 1.11 bits per heavy atom. The number of nitrogens with zero attached hydrogens (tertiary/aromatic N) is 3. The Morgan fingerprint density at radius 2 is 1.75 bits per heavy atom. The van der Waals surface area contributed by atoms with Gasteiger partial charge in [0.15, 0.2) is 0 Å². The van der Waals surface area contributed by atoms with Gasteiger partial charge in [-0.3, -0.25) is 14.4 Å². The number of benzene rings is 2. The predicted molar refractivity (Wildman–Crippen MR) is 121 cm³/mol. The van der Waals surface area contributed by atoms with Crippen molar-refractivity contribution in [2.45, 2.75) is 37.6 Å². The predicted octanol–water partition coefficient (Wildman–Crippen LogP) is 3.91. The number of hydrogen-bond acceptors (Lipinski definition) is 5. The summed E-state index contributed by atoms with van der Waals surface area (Å²) in [6.07, 6.45) is -4.66. The van der Waals surface area contributed by atoms with E-state index in [2.05, 4.69) is 0 Å². The SMILES string of the molecule is CN(C(=O)[C@@H]1C[C@]2(C)O[C@@]1(C)[C@@H]1C(=O)N(c3ccc(C#N)c(C(F)(F)F)c3)C(=O)[C@@H]12)c1ccccc1. The Bertz CT molecular complexity index is 1340. The van der Waals surface area contributed by atoms with Gasteiger partial charge in [-0.2, -0.15) is 18.4 Å². The van der Waals surface area contributed by atoms with Crippen LogP contribution in [0.15, 0.2) is 48.5 Å². The molecule has 0 saturated carbocycles. The molecular formula is C26H22F3N3O4. The van der Waals surface area contributed by atoms with E-state index in [9.17, 15) is 27.6 Å². The molecule has 2 bridgehead atoms. The van der Waals surface area contributed by atoms with Crippen LogP contribution in [0.5, 0.6) is 0 Å². The number of ether oxygens (including phenoxy) is 1. The number of carbonyl (C=O) groups excluding carboxylic acids is 3. The Kier molecular flexibility index (Phi) is 5.10. The molecule has 36 heavy (non-hydrogen) atoms. The van der Waals surface area contributed by atoms with Gasteiger partial charge >= 0.3 is 6.18 Å². The highest BCUT2D eigenvalue weighted by Gasteiger charge is 2.77. The average molecular weight is 497 g/mol. The number of alkyl halides is 3. The monoisotopic (exact) mass is 497 g/mol. The highest BCUT2D eigenvalue weighted by atomic mass is 19.4. The average Bonchev–Trinajstić information content (AvgIpc) is 3.38. The number of halogens is 3. The van der Waals surface area contributed by atoms with Crippen molar-refractivity contribution in [3.63, 3.8) is 0 Å². The normalized spacial score (nSPS) is 30.9. The van der Waals surface area contributed by atoms with Crippen molar-refractivity contribution in [2.75, 3.05) is 16.8 Å². The first-order valence-electron chi connectivity index (χ1n) is 11.4. The lowest BCUT2D eigenvalue weighted by atomic mass is 9.63. The van der Waals surface area contributed by atoms with Gasteiger partial charge in [0.1, 0.15) is 0 Å². The second kappa shape index (κ2) is 7.64. The minimum absolute atomic E-state index is 0.189. The number of imide groups is 1. The molecule has 0 unspecified atom stereocenters. The molecule has 0 radical (unpaired) electrons. The first-order valence-corrected chi connectivity index (χ1v) is 11.4. The lowest BCUT2D eigenvalue weighted by Crippen LogP contribution is -2.52. The lowest BCUT2D eigenvalue weighted by Gasteiger charge is -2.36. The number of hydrogen-bond donors (Lipinski definition) is 0. The minimum atomic E-state index is -4.84. The van der Waals surface area contributed by atoms with E-state index in [0.717, 1.165) is 17.0 Å². The zero-order valence-corrected chi connectivity index (χ0v) is 19.7. The maximum atomic E-state index is 13.6. The molecule has 10 heteroatoms. The summed E-state index contributed by atoms with van der Waals surface area (Å²) in [7, 11) is 1.62. The van der Waals surface area contributed by atoms with Gasteiger partial charge < -0.3 is 9.64 Å². The van der Waals surface area contributed by atoms with Gasteiger partial charge in [0.05, 0.1) is 51.8 Å². The number of para-hydroxylation sites is 1. The summed E-state index contributed by atoms with van der Waals surface area (Å²) in [5.74, 6) is -4.37. The number of carbonyl (C=O) groups is 3. The van der Waals surface area contributed by atoms with Crippen molar-refractivity contribution in [1.29, 1.82) is 5.26 Å². The fraction of sp³-hybridized carbons (Fsp3) is 0.385. The molecule has 3 saturated heterocycles. The lowest BCUT2D eigenvalue weighted by molar-refractivity contribution is -0.138. The molecule has 0 spiro atoms. The fourth-order valence-electron chi connectivity index (χ4n) is 6.16. The van der Waals surface area contributed by atoms with Crippen molar-refractivity contribution in [3.8, 4) is 6.07 Å². The van der Waals surface area contributed by atoms with Crippen LogP contribution in [0.1, 0.15) is 31.4 Å². The van der Waals surface area contributed by atoms with E-state index in [1.807, 2.05) is 6.07 Å². The standard InChI is InChI=1S/C26H22F3N3O4/c1-24-12-18(21(33)31(3)15-7-5-4-6-8-15)25(2,36-24)20-19(24)22(34)32(23(20)35)16-10-9-14(13-30)17(11-16)26(27,28)29/h4-11,18-20H,12H2,1-3H3/t18-,19+,20-,24-,25+/m0/s1. The van der Waals surface area contributed by atoms with Gasteiger partial charge in [-0.1, -0.05) is 18.2 Å². The molecule has 3 aliphatic heterocycles. The van der Waals surface area contributed by atoms with Gasteiger partial charge in [0, 0.05) is 12.7 Å². The van der Waals surface area contributed by atoms with Crippen LogP contribution >= 0.6 is 0 Å². The van der Waals surface area contributed by atoms with E-state index in [4.69, 9.17) is 10.00 Å². The third-order valence-corrected chi connectivity index (χ3v) is 7.80. The van der Waals surface area contributed by atoms with Crippen molar-refractivity contribution < 1.29 is 32.3 Å². The molecule has 0 aromatic heterocycles. The molecule has 2 aromatic rings. The third kappa shape index (κ3) is 3.19. The van der Waals surface area contributed by atoms with Crippen LogP contribution < -0.4 is 9.80 Å². The maximum absolute atomic E-state index is 13.6. The fourth-order valence-corrected chi connectivity index (χ4v) is 6.16. The summed E-state index contributed by atoms with van der Waals surface area (Å²) < 4.78 is 46.8. The number of anilines is 2. The second-order valence-electron chi connectivity index (χ2n) is 9.89. The molecular weight excluding hydrogens is 475 g/mol. The van der Waals surface area contributed by atoms with Crippen LogP contribution in [-0.2, 0) is 25.3 Å². The Labute approximate surface area is 205 Å². The molecule has 3 amide bonds. The maximum Gasteiger partial charge on any atom is 0.417 e. The van der Waals surface area contributed by atoms with Crippen LogP contribution in [0.25, 0.3) is 0 Å². The summed E-state index contributed by atoms with van der Waals surface area (Å²) in [5, 5.41) is 9.08. The Hall–Kier alpha value is -3.71. The van der Waals surface area contributed by atoms with E-state index in [1.54, 1.807) is 45.2 Å². The molecule has 5 rings (SSSR count). The molecule has 3 aliphatic rings. The van der Waals surface area contributed by atoms with E-state index < -0.39 is 58.1 Å². The molecule has 3 fully saturated rings. The highest BCUT2D eigenvalue weighted by molar-refractivity contribution is 6.23. The molecule has 2 aromatic carbocycles. The Morgan fingerprint density at radius 3 is 2.36 bits per heavy atom. The van der Waals surface area contributed by atoms with E-state index in [1.165, 1.54) is 11.0 Å². The van der Waals surface area contributed by atoms with E-state index in [0.29, 0.717) is 11.8 Å². The van der Waals surface area contributed by atoms with Crippen LogP contribution in [-0.4, -0.2) is 36.0 Å². The first kappa shape index (κ1) is 24.0. The van der Waals surface area contributed by atoms with Gasteiger partial charge in [-0.15, -0.1) is 0 Å². The zero-order valence-electron chi connectivity index (χ0n) is 19.7. The topological polar surface area (TPSA) is 90.7 Å². The largest absolute Gasteiger partial charge is 0.417 e. The summed E-state index contributed by atoms with van der Waals surface area (Å²) in [4.78, 5) is 42.8. The molecule has 3 heterocycles. The number of fused-ring (bicyclic) bond motifs is 5. The van der Waals surface area contributed by atoms with Crippen LogP contribution in [0.3, 0.4) is 0 Å². The molecule has 0 N–H and O–H groups in total. The summed E-state index contributed by atoms with van der Waals surface area (Å²) in [6, 6.07) is 13.2. The van der Waals surface area contributed by atoms with E-state index >= 15 is 0 Å². The zero-order chi connectivity index (χ0) is 26.2. The smallest absolute Gasteiger partial charge is 0.367 e. The van der Waals surface area contributed by atoms with Gasteiger partial charge in [-0.05, 0) is 50.6 Å². The summed E-state index contributed by atoms with van der Waals surface area (Å²) in [6.45, 7) is 3.29. The minimum Gasteiger partial charge on any atom is -0.367 e. The number of amides is 3. The number of rotatable bonds is 3. The molecule has 0 aliphatic carbocycles. The third-order valence-electron chi connectivity index (χ3n) is 7.80. The van der Waals surface area contributed by atoms with Crippen molar-refractivity contribution in [1.82, 2.24) is 0 Å².